The fraction of sp³-hybridized carbons (Fsp3) is 0.619. The summed E-state index contributed by atoms with van der Waals surface area (Å²) in [5, 5.41) is 2.86. The van der Waals surface area contributed by atoms with E-state index in [1.165, 1.54) is 10.7 Å². The molecule has 31 heavy (non-hydrogen) atoms. The van der Waals surface area contributed by atoms with Crippen LogP contribution in [0.2, 0.25) is 0 Å². The number of carbonyl (C=O) groups excluding carboxylic acids is 2. The molecule has 1 amide bonds. The minimum absolute atomic E-state index is 0.0465. The molecule has 1 N–H and O–H groups in total. The number of morpholine rings is 1. The van der Waals surface area contributed by atoms with Gasteiger partial charge in [-0.05, 0) is 31.0 Å². The highest BCUT2D eigenvalue weighted by Gasteiger charge is 2.28. The third-order valence-corrected chi connectivity index (χ3v) is 7.46. The molecule has 172 valence electrons. The molecule has 3 rings (SSSR count). The lowest BCUT2D eigenvalue weighted by Crippen LogP contribution is -2.40. The van der Waals surface area contributed by atoms with Crippen molar-refractivity contribution in [1.82, 2.24) is 9.62 Å². The topological polar surface area (TPSA) is 102 Å². The first-order valence-electron chi connectivity index (χ1n) is 10.7. The van der Waals surface area contributed by atoms with E-state index in [-0.39, 0.29) is 37.2 Å². The summed E-state index contributed by atoms with van der Waals surface area (Å²) in [6.07, 6.45) is 7.35. The Hall–Kier alpha value is -2.04. The molecule has 1 aromatic carbocycles. The van der Waals surface area contributed by atoms with E-state index in [0.717, 1.165) is 56.7 Å². The van der Waals surface area contributed by atoms with Gasteiger partial charge in [0.05, 0.1) is 23.7 Å². The van der Waals surface area contributed by atoms with E-state index >= 15 is 0 Å². The normalized spacial score (nSPS) is 19.3. The number of nitrogens with one attached hydrogen (secondary N) is 1. The first-order chi connectivity index (χ1) is 14.9. The molecule has 0 unspecified atom stereocenters. The number of esters is 1. The van der Waals surface area contributed by atoms with E-state index in [2.05, 4.69) is 5.32 Å². The summed E-state index contributed by atoms with van der Waals surface area (Å²) in [6.45, 7) is 0.355. The summed E-state index contributed by atoms with van der Waals surface area (Å²) < 4.78 is 51.0. The van der Waals surface area contributed by atoms with Gasteiger partial charge in [0.15, 0.2) is 6.61 Å². The van der Waals surface area contributed by atoms with Gasteiger partial charge >= 0.3 is 5.97 Å². The summed E-state index contributed by atoms with van der Waals surface area (Å²) in [5.74, 6) is -2.44. The van der Waals surface area contributed by atoms with Crippen LogP contribution in [-0.2, 0) is 24.3 Å². The third kappa shape index (κ3) is 6.47. The van der Waals surface area contributed by atoms with Crippen LogP contribution in [0.1, 0.15) is 55.3 Å². The average molecular weight is 457 g/mol. The van der Waals surface area contributed by atoms with E-state index in [1.54, 1.807) is 0 Å². The zero-order valence-electron chi connectivity index (χ0n) is 17.5. The Labute approximate surface area is 182 Å². The lowest BCUT2D eigenvalue weighted by Gasteiger charge is -2.26. The molecular weight excluding hydrogens is 427 g/mol. The maximum Gasteiger partial charge on any atom is 0.341 e. The molecule has 10 heteroatoms. The van der Waals surface area contributed by atoms with Crippen molar-refractivity contribution in [3.8, 4) is 0 Å². The van der Waals surface area contributed by atoms with Crippen molar-refractivity contribution in [1.29, 1.82) is 0 Å². The number of benzene rings is 1. The lowest BCUT2D eigenvalue weighted by molar-refractivity contribution is -0.125. The molecule has 0 bridgehead atoms. The first-order valence-corrected chi connectivity index (χ1v) is 12.2. The molecule has 1 aromatic rings. The molecule has 0 radical (unpaired) electrons. The molecule has 0 spiro atoms. The molecule has 1 aliphatic carbocycles. The van der Waals surface area contributed by atoms with Gasteiger partial charge in [-0.1, -0.05) is 32.1 Å². The summed E-state index contributed by atoms with van der Waals surface area (Å²) in [6, 6.07) is 3.02. The van der Waals surface area contributed by atoms with Crippen molar-refractivity contribution < 1.29 is 31.9 Å². The monoisotopic (exact) mass is 456 g/mol. The van der Waals surface area contributed by atoms with Gasteiger partial charge in [0.25, 0.3) is 5.91 Å². The first kappa shape index (κ1) is 23.6. The van der Waals surface area contributed by atoms with Crippen LogP contribution in [0.3, 0.4) is 0 Å². The molecule has 0 aromatic heterocycles. The van der Waals surface area contributed by atoms with E-state index in [0.29, 0.717) is 0 Å². The maximum atomic E-state index is 14.2. The summed E-state index contributed by atoms with van der Waals surface area (Å²) in [7, 11) is -3.89. The van der Waals surface area contributed by atoms with E-state index in [9.17, 15) is 22.4 Å². The molecule has 0 atom stereocenters. The van der Waals surface area contributed by atoms with Crippen molar-refractivity contribution in [3.63, 3.8) is 0 Å². The standard InChI is InChI=1S/C21H29FN2O6S/c22-19-9-8-17(31(27,28)24-10-12-29-13-11-24)14-18(19)21(26)30-15-20(25)23-16-6-4-2-1-3-5-7-16/h8-9,14,16H,1-7,10-13,15H2,(H,23,25). The summed E-state index contributed by atoms with van der Waals surface area (Å²) in [5.41, 5.74) is -0.520. The van der Waals surface area contributed by atoms with Crippen LogP contribution in [0.25, 0.3) is 0 Å². The van der Waals surface area contributed by atoms with Gasteiger partial charge in [-0.2, -0.15) is 4.31 Å². The molecule has 2 aliphatic rings. The van der Waals surface area contributed by atoms with Crippen molar-refractivity contribution in [2.75, 3.05) is 32.9 Å². The van der Waals surface area contributed by atoms with Crippen LogP contribution in [-0.4, -0.2) is 63.6 Å². The highest BCUT2D eigenvalue weighted by Crippen LogP contribution is 2.21. The molecule has 2 fully saturated rings. The van der Waals surface area contributed by atoms with Gasteiger partial charge in [0, 0.05) is 19.1 Å². The van der Waals surface area contributed by atoms with Crippen LogP contribution in [0.5, 0.6) is 0 Å². The fourth-order valence-electron chi connectivity index (χ4n) is 3.84. The number of rotatable bonds is 6. The van der Waals surface area contributed by atoms with Gasteiger partial charge in [-0.3, -0.25) is 4.79 Å². The number of carbonyl (C=O) groups is 2. The van der Waals surface area contributed by atoms with Crippen molar-refractivity contribution in [3.05, 3.63) is 29.6 Å². The summed E-state index contributed by atoms with van der Waals surface area (Å²) >= 11 is 0. The predicted octanol–water partition coefficient (Wildman–Crippen LogP) is 2.23. The van der Waals surface area contributed by atoms with Crippen LogP contribution < -0.4 is 5.32 Å². The molecular formula is C21H29FN2O6S. The number of ether oxygens (including phenoxy) is 2. The van der Waals surface area contributed by atoms with Crippen LogP contribution in [0, 0.1) is 5.82 Å². The van der Waals surface area contributed by atoms with Gasteiger partial charge in [0.1, 0.15) is 5.82 Å². The Morgan fingerprint density at radius 3 is 2.42 bits per heavy atom. The molecule has 1 saturated carbocycles. The fourth-order valence-corrected chi connectivity index (χ4v) is 5.27. The minimum Gasteiger partial charge on any atom is -0.452 e. The second-order valence-corrected chi connectivity index (χ2v) is 9.78. The zero-order chi connectivity index (χ0) is 22.3. The van der Waals surface area contributed by atoms with E-state index in [1.807, 2.05) is 0 Å². The van der Waals surface area contributed by atoms with Gasteiger partial charge in [-0.15, -0.1) is 0 Å². The zero-order valence-corrected chi connectivity index (χ0v) is 18.3. The number of hydrogen-bond donors (Lipinski definition) is 1. The highest BCUT2D eigenvalue weighted by atomic mass is 32.2. The number of hydrogen-bond acceptors (Lipinski definition) is 6. The Balaban J connectivity index is 1.60. The quantitative estimate of drug-likeness (QED) is 0.659. The number of halogens is 1. The molecule has 1 aliphatic heterocycles. The second kappa shape index (κ2) is 11.0. The highest BCUT2D eigenvalue weighted by molar-refractivity contribution is 7.89. The van der Waals surface area contributed by atoms with Crippen molar-refractivity contribution in [2.24, 2.45) is 0 Å². The van der Waals surface area contributed by atoms with Crippen LogP contribution in [0.15, 0.2) is 23.1 Å². The third-order valence-electron chi connectivity index (χ3n) is 5.57. The Bertz CT molecular complexity index is 878. The molecule has 1 saturated heterocycles. The van der Waals surface area contributed by atoms with Gasteiger partial charge in [-0.25, -0.2) is 17.6 Å². The number of sulfonamides is 1. The number of nitrogens with zero attached hydrogens (tertiary/aromatic N) is 1. The van der Waals surface area contributed by atoms with E-state index in [4.69, 9.17) is 9.47 Å². The maximum absolute atomic E-state index is 14.2. The Kier molecular flexibility index (Phi) is 8.39. The molecule has 1 heterocycles. The van der Waals surface area contributed by atoms with E-state index < -0.39 is 39.9 Å². The van der Waals surface area contributed by atoms with Crippen molar-refractivity contribution >= 4 is 21.9 Å². The summed E-state index contributed by atoms with van der Waals surface area (Å²) in [4.78, 5) is 24.3. The molecule has 8 nitrogen and oxygen atoms in total. The SMILES string of the molecule is O=C(COC(=O)c1cc(S(=O)(=O)N2CCOCC2)ccc1F)NC1CCCCCCC1. The average Bonchev–Trinajstić information content (AvgIpc) is 2.74. The Morgan fingerprint density at radius 2 is 1.74 bits per heavy atom. The lowest BCUT2D eigenvalue weighted by atomic mass is 9.97. The number of amides is 1. The second-order valence-electron chi connectivity index (χ2n) is 7.84. The largest absolute Gasteiger partial charge is 0.452 e. The van der Waals surface area contributed by atoms with Gasteiger partial charge in [0.2, 0.25) is 10.0 Å². The smallest absolute Gasteiger partial charge is 0.341 e. The predicted molar refractivity (Wildman–Crippen MR) is 111 cm³/mol. The van der Waals surface area contributed by atoms with Crippen LogP contribution >= 0.6 is 0 Å². The van der Waals surface area contributed by atoms with Gasteiger partial charge < -0.3 is 14.8 Å². The van der Waals surface area contributed by atoms with Crippen LogP contribution in [0.4, 0.5) is 4.39 Å². The minimum atomic E-state index is -3.89. The Morgan fingerprint density at radius 1 is 1.10 bits per heavy atom. The van der Waals surface area contributed by atoms with Crippen molar-refractivity contribution in [2.45, 2.75) is 55.9 Å².